The van der Waals surface area contributed by atoms with Gasteiger partial charge < -0.3 is 0 Å². The summed E-state index contributed by atoms with van der Waals surface area (Å²) in [7, 11) is 0. The summed E-state index contributed by atoms with van der Waals surface area (Å²) < 4.78 is 0. The number of aromatic nitrogens is 3. The number of thiazole rings is 1. The maximum Gasteiger partial charge on any atom is 0.161 e. The lowest BCUT2D eigenvalue weighted by Gasteiger charge is -1.98. The van der Waals surface area contributed by atoms with E-state index in [0.29, 0.717) is 5.15 Å². The van der Waals surface area contributed by atoms with Crippen molar-refractivity contribution in [1.29, 1.82) is 0 Å². The summed E-state index contributed by atoms with van der Waals surface area (Å²) in [5.74, 6) is 0. The lowest BCUT2D eigenvalue weighted by molar-refractivity contribution is 0.982. The zero-order valence-electron chi connectivity index (χ0n) is 6.86. The predicted octanol–water partition coefficient (Wildman–Crippen LogP) is 2.56. The van der Waals surface area contributed by atoms with E-state index in [1.807, 2.05) is 18.4 Å². The molecule has 2 heterocycles. The molecule has 0 saturated heterocycles. The molecule has 3 nitrogen and oxygen atoms in total. The fourth-order valence-electron chi connectivity index (χ4n) is 0.980. The highest BCUT2D eigenvalue weighted by molar-refractivity contribution is 7.13. The Morgan fingerprint density at radius 1 is 1.38 bits per heavy atom. The van der Waals surface area contributed by atoms with Crippen molar-refractivity contribution in [2.45, 2.75) is 6.92 Å². The van der Waals surface area contributed by atoms with Crippen molar-refractivity contribution >= 4 is 22.9 Å². The molecule has 2 aromatic rings. The number of hydrogen-bond acceptors (Lipinski definition) is 4. The average molecular weight is 212 g/mol. The Kier molecular flexibility index (Phi) is 2.24. The van der Waals surface area contributed by atoms with E-state index in [9.17, 15) is 0 Å². The molecular formula is C8H6ClN3S. The topological polar surface area (TPSA) is 38.7 Å². The zero-order chi connectivity index (χ0) is 9.26. The number of hydrogen-bond donors (Lipinski definition) is 0. The van der Waals surface area contributed by atoms with Gasteiger partial charge in [-0.25, -0.2) is 4.98 Å². The average Bonchev–Trinajstić information content (AvgIpc) is 2.61. The maximum absolute atomic E-state index is 5.88. The van der Waals surface area contributed by atoms with Gasteiger partial charge in [-0.2, -0.15) is 5.10 Å². The molecule has 0 aromatic carbocycles. The van der Waals surface area contributed by atoms with E-state index in [1.54, 1.807) is 6.20 Å². The largest absolute Gasteiger partial charge is 0.244 e. The minimum Gasteiger partial charge on any atom is -0.244 e. The highest BCUT2D eigenvalue weighted by Crippen LogP contribution is 2.27. The Morgan fingerprint density at radius 3 is 2.92 bits per heavy atom. The minimum absolute atomic E-state index is 0.403. The quantitative estimate of drug-likeness (QED) is 0.728. The van der Waals surface area contributed by atoms with Crippen LogP contribution >= 0.6 is 22.9 Å². The fraction of sp³-hybridized carbons (Fsp3) is 0.125. The van der Waals surface area contributed by atoms with Crippen molar-refractivity contribution < 1.29 is 0 Å². The molecule has 0 radical (unpaired) electrons. The molecule has 0 aliphatic heterocycles. The third kappa shape index (κ3) is 1.68. The van der Waals surface area contributed by atoms with Crippen molar-refractivity contribution in [3.8, 4) is 10.6 Å². The van der Waals surface area contributed by atoms with Gasteiger partial charge in [-0.1, -0.05) is 11.6 Å². The van der Waals surface area contributed by atoms with Crippen molar-refractivity contribution in [3.63, 3.8) is 0 Å². The number of nitrogens with zero attached hydrogens (tertiary/aromatic N) is 3. The molecule has 13 heavy (non-hydrogen) atoms. The van der Waals surface area contributed by atoms with Gasteiger partial charge in [-0.3, -0.25) is 0 Å². The second kappa shape index (κ2) is 3.40. The van der Waals surface area contributed by atoms with Crippen molar-refractivity contribution in [1.82, 2.24) is 15.2 Å². The lowest BCUT2D eigenvalue weighted by Crippen LogP contribution is -1.89. The molecule has 0 fully saturated rings. The van der Waals surface area contributed by atoms with Crippen LogP contribution in [-0.2, 0) is 0 Å². The normalized spacial score (nSPS) is 10.3. The molecule has 2 aromatic heterocycles. The molecule has 0 amide bonds. The summed E-state index contributed by atoms with van der Waals surface area (Å²) in [6.45, 7) is 1.88. The summed E-state index contributed by atoms with van der Waals surface area (Å²) in [5.41, 5.74) is 1.69. The van der Waals surface area contributed by atoms with Crippen molar-refractivity contribution in [2.24, 2.45) is 0 Å². The van der Waals surface area contributed by atoms with E-state index in [2.05, 4.69) is 15.2 Å². The first-order valence-corrected chi connectivity index (χ1v) is 4.93. The SMILES string of the molecule is Cc1cc(-c2nccs2)c(Cl)nn1. The smallest absolute Gasteiger partial charge is 0.161 e. The highest BCUT2D eigenvalue weighted by atomic mass is 35.5. The summed E-state index contributed by atoms with van der Waals surface area (Å²) in [6, 6.07) is 1.88. The molecule has 0 saturated carbocycles. The molecule has 0 atom stereocenters. The molecule has 0 aliphatic rings. The second-order valence-electron chi connectivity index (χ2n) is 2.53. The van der Waals surface area contributed by atoms with Gasteiger partial charge in [0.15, 0.2) is 5.15 Å². The van der Waals surface area contributed by atoms with Crippen LogP contribution in [0.3, 0.4) is 0 Å². The highest BCUT2D eigenvalue weighted by Gasteiger charge is 2.07. The lowest BCUT2D eigenvalue weighted by atomic mass is 10.3. The molecule has 2 rings (SSSR count). The molecule has 0 unspecified atom stereocenters. The third-order valence-corrected chi connectivity index (χ3v) is 2.62. The fourth-order valence-corrected chi connectivity index (χ4v) is 1.87. The van der Waals surface area contributed by atoms with Gasteiger partial charge in [0.1, 0.15) is 5.01 Å². The van der Waals surface area contributed by atoms with Crippen LogP contribution in [0.5, 0.6) is 0 Å². The van der Waals surface area contributed by atoms with Crippen molar-refractivity contribution in [3.05, 3.63) is 28.5 Å². The monoisotopic (exact) mass is 211 g/mol. The van der Waals surface area contributed by atoms with Gasteiger partial charge in [0.2, 0.25) is 0 Å². The van der Waals surface area contributed by atoms with Gasteiger partial charge in [0.25, 0.3) is 0 Å². The first-order valence-electron chi connectivity index (χ1n) is 3.67. The van der Waals surface area contributed by atoms with Crippen LogP contribution in [0, 0.1) is 6.92 Å². The Hall–Kier alpha value is -1.00. The van der Waals surface area contributed by atoms with Gasteiger partial charge in [0.05, 0.1) is 11.3 Å². The van der Waals surface area contributed by atoms with Crippen molar-refractivity contribution in [2.75, 3.05) is 0 Å². The van der Waals surface area contributed by atoms with Gasteiger partial charge in [-0.05, 0) is 13.0 Å². The molecule has 0 spiro atoms. The molecule has 66 valence electrons. The molecule has 0 aliphatic carbocycles. The minimum atomic E-state index is 0.403. The summed E-state index contributed by atoms with van der Waals surface area (Å²) in [6.07, 6.45) is 1.74. The van der Waals surface area contributed by atoms with Crippen LogP contribution in [0.1, 0.15) is 5.69 Å². The van der Waals surface area contributed by atoms with E-state index < -0.39 is 0 Å². The van der Waals surface area contributed by atoms with E-state index in [0.717, 1.165) is 16.3 Å². The maximum atomic E-state index is 5.88. The zero-order valence-corrected chi connectivity index (χ0v) is 8.43. The number of halogens is 1. The Bertz CT molecular complexity index is 413. The van der Waals surface area contributed by atoms with Gasteiger partial charge >= 0.3 is 0 Å². The first-order chi connectivity index (χ1) is 6.27. The van der Waals surface area contributed by atoms with E-state index in [4.69, 9.17) is 11.6 Å². The second-order valence-corrected chi connectivity index (χ2v) is 3.78. The number of aryl methyl sites for hydroxylation is 1. The molecule has 0 bridgehead atoms. The third-order valence-electron chi connectivity index (χ3n) is 1.53. The standard InChI is InChI=1S/C8H6ClN3S/c1-5-4-6(7(9)12-11-5)8-10-2-3-13-8/h2-4H,1H3. The Labute approximate surface area is 84.4 Å². The van der Waals surface area contributed by atoms with E-state index in [-0.39, 0.29) is 0 Å². The van der Waals surface area contributed by atoms with E-state index >= 15 is 0 Å². The number of rotatable bonds is 1. The molecule has 5 heteroatoms. The summed E-state index contributed by atoms with van der Waals surface area (Å²) in [4.78, 5) is 4.15. The predicted molar refractivity (Wildman–Crippen MR) is 52.9 cm³/mol. The molecule has 0 N–H and O–H groups in total. The Balaban J connectivity index is 2.57. The van der Waals surface area contributed by atoms with Crippen LogP contribution in [0.25, 0.3) is 10.6 Å². The summed E-state index contributed by atoms with van der Waals surface area (Å²) >= 11 is 7.42. The summed E-state index contributed by atoms with van der Waals surface area (Å²) in [5, 5.41) is 10.8. The van der Waals surface area contributed by atoms with Crippen LogP contribution in [0.15, 0.2) is 17.6 Å². The van der Waals surface area contributed by atoms with Crippen LogP contribution in [-0.4, -0.2) is 15.2 Å². The van der Waals surface area contributed by atoms with Crippen LogP contribution < -0.4 is 0 Å². The van der Waals surface area contributed by atoms with Gasteiger partial charge in [-0.15, -0.1) is 16.4 Å². The Morgan fingerprint density at radius 2 is 2.23 bits per heavy atom. The molecular weight excluding hydrogens is 206 g/mol. The van der Waals surface area contributed by atoms with E-state index in [1.165, 1.54) is 11.3 Å². The van der Waals surface area contributed by atoms with Gasteiger partial charge in [0, 0.05) is 11.6 Å². The van der Waals surface area contributed by atoms with Crippen LogP contribution in [0.2, 0.25) is 5.15 Å². The first kappa shape index (κ1) is 8.59. The van der Waals surface area contributed by atoms with Crippen LogP contribution in [0.4, 0.5) is 0 Å².